The number of hydrogen-bond donors (Lipinski definition) is 2. The Kier molecular flexibility index (Phi) is 5.40. The third-order valence-electron chi connectivity index (χ3n) is 3.48. The maximum Gasteiger partial charge on any atom is 0.246 e. The molecule has 0 bridgehead atoms. The first-order chi connectivity index (χ1) is 7.93. The molecule has 100 valence electrons. The van der Waals surface area contributed by atoms with Gasteiger partial charge in [-0.05, 0) is 46.0 Å². The predicted molar refractivity (Wildman–Crippen MR) is 68.7 cm³/mol. The molecule has 1 amide bonds. The minimum atomic E-state index is -0.149. The molecule has 0 heterocycles. The number of carbonyl (C=O) groups excluding carboxylic acids is 1. The summed E-state index contributed by atoms with van der Waals surface area (Å²) in [4.78, 5) is 11.7. The van der Waals surface area contributed by atoms with Crippen molar-refractivity contribution in [3.8, 4) is 0 Å². The van der Waals surface area contributed by atoms with Crippen LogP contribution in [0, 0.1) is 0 Å². The van der Waals surface area contributed by atoms with Gasteiger partial charge in [0, 0.05) is 11.6 Å². The van der Waals surface area contributed by atoms with Crippen LogP contribution in [0.4, 0.5) is 0 Å². The van der Waals surface area contributed by atoms with Gasteiger partial charge in [0.05, 0.1) is 6.10 Å². The number of hydrogen-bond acceptors (Lipinski definition) is 3. The summed E-state index contributed by atoms with van der Waals surface area (Å²) < 4.78 is 5.61. The average Bonchev–Trinajstić information content (AvgIpc) is 2.26. The number of carbonyl (C=O) groups is 1. The molecular weight excluding hydrogens is 216 g/mol. The van der Waals surface area contributed by atoms with Gasteiger partial charge in [-0.1, -0.05) is 6.92 Å². The van der Waals surface area contributed by atoms with E-state index in [1.165, 1.54) is 0 Å². The molecule has 0 spiro atoms. The van der Waals surface area contributed by atoms with Crippen LogP contribution in [0.5, 0.6) is 0 Å². The number of nitrogens with two attached hydrogens (primary N) is 1. The van der Waals surface area contributed by atoms with Gasteiger partial charge < -0.3 is 15.8 Å². The van der Waals surface area contributed by atoms with Crippen LogP contribution >= 0.6 is 0 Å². The highest BCUT2D eigenvalue weighted by atomic mass is 16.5. The second-order valence-electron chi connectivity index (χ2n) is 5.65. The van der Waals surface area contributed by atoms with Crippen LogP contribution in [0.3, 0.4) is 0 Å². The lowest BCUT2D eigenvalue weighted by Crippen LogP contribution is -2.45. The molecule has 0 aromatic carbocycles. The van der Waals surface area contributed by atoms with Crippen LogP contribution in [-0.4, -0.2) is 30.2 Å². The molecule has 0 radical (unpaired) electrons. The molecule has 3 N–H and O–H groups in total. The number of ether oxygens (including phenoxy) is 1. The van der Waals surface area contributed by atoms with Gasteiger partial charge in [0.25, 0.3) is 0 Å². The fraction of sp³-hybridized carbons (Fsp3) is 0.923. The summed E-state index contributed by atoms with van der Waals surface area (Å²) in [5, 5.41) is 2.96. The van der Waals surface area contributed by atoms with Crippen molar-refractivity contribution in [1.29, 1.82) is 0 Å². The number of rotatable bonds is 5. The van der Waals surface area contributed by atoms with Crippen LogP contribution in [0.2, 0.25) is 0 Å². The van der Waals surface area contributed by atoms with E-state index >= 15 is 0 Å². The van der Waals surface area contributed by atoms with E-state index in [0.717, 1.165) is 32.1 Å². The molecule has 2 atom stereocenters. The smallest absolute Gasteiger partial charge is 0.246 e. The Morgan fingerprint density at radius 2 is 2.18 bits per heavy atom. The Hall–Kier alpha value is -0.610. The lowest BCUT2D eigenvalue weighted by Gasteiger charge is -2.28. The second kappa shape index (κ2) is 6.36. The molecule has 0 saturated heterocycles. The SMILES string of the molecule is CCC(C)(C)NC(=O)COC1CCCC(N)C1. The van der Waals surface area contributed by atoms with Crippen LogP contribution < -0.4 is 11.1 Å². The quantitative estimate of drug-likeness (QED) is 0.769. The van der Waals surface area contributed by atoms with E-state index in [-0.39, 0.29) is 30.2 Å². The molecule has 1 fully saturated rings. The molecule has 4 nitrogen and oxygen atoms in total. The topological polar surface area (TPSA) is 64.3 Å². The molecule has 1 rings (SSSR count). The largest absolute Gasteiger partial charge is 0.368 e. The van der Waals surface area contributed by atoms with Crippen molar-refractivity contribution < 1.29 is 9.53 Å². The zero-order chi connectivity index (χ0) is 12.9. The lowest BCUT2D eigenvalue weighted by molar-refractivity contribution is -0.130. The van der Waals surface area contributed by atoms with E-state index in [0.29, 0.717) is 0 Å². The Morgan fingerprint density at radius 3 is 2.76 bits per heavy atom. The lowest BCUT2D eigenvalue weighted by atomic mass is 9.94. The van der Waals surface area contributed by atoms with Gasteiger partial charge in [-0.3, -0.25) is 4.79 Å². The summed E-state index contributed by atoms with van der Waals surface area (Å²) in [5.41, 5.74) is 5.72. The normalized spacial score (nSPS) is 25.6. The van der Waals surface area contributed by atoms with Crippen molar-refractivity contribution in [3.05, 3.63) is 0 Å². The third kappa shape index (κ3) is 5.50. The first-order valence-electron chi connectivity index (χ1n) is 6.61. The highest BCUT2D eigenvalue weighted by Crippen LogP contribution is 2.19. The summed E-state index contributed by atoms with van der Waals surface area (Å²) in [6, 6.07) is 0.240. The fourth-order valence-corrected chi connectivity index (χ4v) is 2.03. The average molecular weight is 242 g/mol. The maximum absolute atomic E-state index is 11.7. The summed E-state index contributed by atoms with van der Waals surface area (Å²) >= 11 is 0. The Balaban J connectivity index is 2.23. The second-order valence-corrected chi connectivity index (χ2v) is 5.65. The van der Waals surface area contributed by atoms with E-state index in [9.17, 15) is 4.79 Å². The van der Waals surface area contributed by atoms with Crippen LogP contribution in [0.15, 0.2) is 0 Å². The molecule has 2 unspecified atom stereocenters. The van der Waals surface area contributed by atoms with Gasteiger partial charge in [-0.2, -0.15) is 0 Å². The molecule has 1 aliphatic rings. The van der Waals surface area contributed by atoms with Gasteiger partial charge in [0.2, 0.25) is 5.91 Å². The van der Waals surface area contributed by atoms with Crippen LogP contribution in [-0.2, 0) is 9.53 Å². The number of amides is 1. The first-order valence-corrected chi connectivity index (χ1v) is 6.61. The first kappa shape index (κ1) is 14.5. The summed E-state index contributed by atoms with van der Waals surface area (Å²) in [5.74, 6) is -0.0315. The summed E-state index contributed by atoms with van der Waals surface area (Å²) in [6.45, 7) is 6.24. The number of nitrogens with one attached hydrogen (secondary N) is 1. The Bertz CT molecular complexity index is 254. The van der Waals surface area contributed by atoms with Crippen molar-refractivity contribution in [2.45, 2.75) is 70.6 Å². The van der Waals surface area contributed by atoms with Gasteiger partial charge >= 0.3 is 0 Å². The van der Waals surface area contributed by atoms with Crippen molar-refractivity contribution in [2.24, 2.45) is 5.73 Å². The van der Waals surface area contributed by atoms with Gasteiger partial charge in [-0.15, -0.1) is 0 Å². The minimum Gasteiger partial charge on any atom is -0.368 e. The highest BCUT2D eigenvalue weighted by molar-refractivity contribution is 5.77. The molecule has 0 aromatic heterocycles. The Morgan fingerprint density at radius 1 is 1.47 bits per heavy atom. The molecule has 4 heteroatoms. The predicted octanol–water partition coefficient (Wildman–Crippen LogP) is 1.58. The van der Waals surface area contributed by atoms with Crippen LogP contribution in [0.1, 0.15) is 52.9 Å². The summed E-state index contributed by atoms with van der Waals surface area (Å²) in [7, 11) is 0. The van der Waals surface area contributed by atoms with Gasteiger partial charge in [0.1, 0.15) is 6.61 Å². The summed E-state index contributed by atoms with van der Waals surface area (Å²) in [6.07, 6.45) is 5.16. The van der Waals surface area contributed by atoms with Crippen LogP contribution in [0.25, 0.3) is 0 Å². The highest BCUT2D eigenvalue weighted by Gasteiger charge is 2.22. The zero-order valence-corrected chi connectivity index (χ0v) is 11.3. The van der Waals surface area contributed by atoms with Crippen molar-refractivity contribution in [1.82, 2.24) is 5.32 Å². The monoisotopic (exact) mass is 242 g/mol. The van der Waals surface area contributed by atoms with Gasteiger partial charge in [0.15, 0.2) is 0 Å². The van der Waals surface area contributed by atoms with Crippen molar-refractivity contribution in [2.75, 3.05) is 6.61 Å². The molecule has 0 aromatic rings. The van der Waals surface area contributed by atoms with E-state index in [2.05, 4.69) is 12.2 Å². The molecule has 0 aliphatic heterocycles. The maximum atomic E-state index is 11.7. The zero-order valence-electron chi connectivity index (χ0n) is 11.3. The molecule has 17 heavy (non-hydrogen) atoms. The third-order valence-corrected chi connectivity index (χ3v) is 3.48. The fourth-order valence-electron chi connectivity index (χ4n) is 2.03. The Labute approximate surface area is 104 Å². The van der Waals surface area contributed by atoms with E-state index in [1.807, 2.05) is 13.8 Å². The molecular formula is C13H26N2O2. The molecule has 1 saturated carbocycles. The van der Waals surface area contributed by atoms with E-state index < -0.39 is 0 Å². The molecule has 1 aliphatic carbocycles. The van der Waals surface area contributed by atoms with E-state index in [1.54, 1.807) is 0 Å². The minimum absolute atomic E-state index is 0.0315. The van der Waals surface area contributed by atoms with Gasteiger partial charge in [-0.25, -0.2) is 0 Å². The van der Waals surface area contributed by atoms with Crippen molar-refractivity contribution in [3.63, 3.8) is 0 Å². The van der Waals surface area contributed by atoms with E-state index in [4.69, 9.17) is 10.5 Å². The standard InChI is InChI=1S/C13H26N2O2/c1-4-13(2,3)15-12(16)9-17-11-7-5-6-10(14)8-11/h10-11H,4-9,14H2,1-3H3,(H,15,16). The van der Waals surface area contributed by atoms with Crippen molar-refractivity contribution >= 4 is 5.91 Å².